The van der Waals surface area contributed by atoms with E-state index >= 15 is 0 Å². The van der Waals surface area contributed by atoms with Gasteiger partial charge in [-0.15, -0.1) is 0 Å². The van der Waals surface area contributed by atoms with Gasteiger partial charge in [0.05, 0.1) is 18.1 Å². The van der Waals surface area contributed by atoms with E-state index in [-0.39, 0.29) is 5.43 Å². The summed E-state index contributed by atoms with van der Waals surface area (Å²) in [6.07, 6.45) is 0. The summed E-state index contributed by atoms with van der Waals surface area (Å²) in [5.74, 6) is 1.12. The Balaban J connectivity index is 2.31. The van der Waals surface area contributed by atoms with Crippen LogP contribution in [0.1, 0.15) is 0 Å². The lowest BCUT2D eigenvalue weighted by Gasteiger charge is -2.08. The van der Waals surface area contributed by atoms with Crippen LogP contribution in [0.2, 0.25) is 0 Å². The summed E-state index contributed by atoms with van der Waals surface area (Å²) in [6, 6.07) is 14.0. The molecule has 0 fully saturated rings. The number of hydrogen-bond acceptors (Lipinski definition) is 4. The molecule has 4 nitrogen and oxygen atoms in total. The zero-order chi connectivity index (χ0) is 14.1. The highest BCUT2D eigenvalue weighted by Gasteiger charge is 2.12. The molecular formula is C16H13NO3. The van der Waals surface area contributed by atoms with Gasteiger partial charge in [-0.05, 0) is 24.3 Å². The Hall–Kier alpha value is -2.75. The number of nitrogens with two attached hydrogens (primary N) is 1. The van der Waals surface area contributed by atoms with Crippen molar-refractivity contribution >= 4 is 16.7 Å². The number of nitrogen functional groups attached to an aromatic ring is 1. The second kappa shape index (κ2) is 4.74. The van der Waals surface area contributed by atoms with Crippen LogP contribution < -0.4 is 15.9 Å². The van der Waals surface area contributed by atoms with E-state index in [1.165, 1.54) is 6.07 Å². The van der Waals surface area contributed by atoms with Crippen LogP contribution in [-0.2, 0) is 0 Å². The third-order valence-corrected chi connectivity index (χ3v) is 3.16. The van der Waals surface area contributed by atoms with Gasteiger partial charge in [-0.2, -0.15) is 0 Å². The number of methoxy groups -OCH3 is 1. The molecule has 0 radical (unpaired) electrons. The molecule has 2 N–H and O–H groups in total. The van der Waals surface area contributed by atoms with Crippen molar-refractivity contribution in [2.75, 3.05) is 12.8 Å². The van der Waals surface area contributed by atoms with Crippen molar-refractivity contribution < 1.29 is 9.15 Å². The topological polar surface area (TPSA) is 65.5 Å². The van der Waals surface area contributed by atoms with E-state index in [9.17, 15) is 4.79 Å². The maximum atomic E-state index is 12.2. The lowest BCUT2D eigenvalue weighted by molar-refractivity contribution is 0.415. The number of hydrogen-bond donors (Lipinski definition) is 1. The summed E-state index contributed by atoms with van der Waals surface area (Å²) >= 11 is 0. The standard InChI is InChI=1S/C16H13NO3/c1-19-13-7-3-2-5-10(13)15-9-12(18)16-11(17)6-4-8-14(16)20-15/h2-9H,17H2,1H3. The monoisotopic (exact) mass is 267 g/mol. The molecule has 0 aliphatic heterocycles. The van der Waals surface area contributed by atoms with E-state index in [1.54, 1.807) is 25.3 Å². The Morgan fingerprint density at radius 1 is 1.10 bits per heavy atom. The first-order chi connectivity index (χ1) is 9.70. The van der Waals surface area contributed by atoms with Crippen molar-refractivity contribution in [2.45, 2.75) is 0 Å². The minimum Gasteiger partial charge on any atom is -0.496 e. The number of ether oxygens (including phenoxy) is 1. The molecule has 0 spiro atoms. The highest BCUT2D eigenvalue weighted by atomic mass is 16.5. The van der Waals surface area contributed by atoms with Gasteiger partial charge in [0, 0.05) is 11.8 Å². The van der Waals surface area contributed by atoms with Crippen LogP contribution in [0.5, 0.6) is 5.75 Å². The van der Waals surface area contributed by atoms with E-state index in [2.05, 4.69) is 0 Å². The molecule has 20 heavy (non-hydrogen) atoms. The fraction of sp³-hybridized carbons (Fsp3) is 0.0625. The fourth-order valence-electron chi connectivity index (χ4n) is 2.22. The van der Waals surface area contributed by atoms with Crippen LogP contribution in [0.25, 0.3) is 22.3 Å². The molecule has 0 atom stereocenters. The van der Waals surface area contributed by atoms with Crippen LogP contribution in [0.3, 0.4) is 0 Å². The summed E-state index contributed by atoms with van der Waals surface area (Å²) in [6.45, 7) is 0. The van der Waals surface area contributed by atoms with Crippen molar-refractivity contribution in [3.8, 4) is 17.1 Å². The van der Waals surface area contributed by atoms with Crippen LogP contribution in [0.15, 0.2) is 57.7 Å². The van der Waals surface area contributed by atoms with Crippen molar-refractivity contribution in [2.24, 2.45) is 0 Å². The van der Waals surface area contributed by atoms with Crippen LogP contribution in [0, 0.1) is 0 Å². The van der Waals surface area contributed by atoms with Gasteiger partial charge in [-0.3, -0.25) is 4.79 Å². The molecule has 0 bridgehead atoms. The Bertz CT molecular complexity index is 836. The smallest absolute Gasteiger partial charge is 0.195 e. The van der Waals surface area contributed by atoms with Crippen molar-refractivity contribution in [1.29, 1.82) is 0 Å². The van der Waals surface area contributed by atoms with Crippen molar-refractivity contribution in [1.82, 2.24) is 0 Å². The molecule has 0 aliphatic carbocycles. The molecule has 100 valence electrons. The summed E-state index contributed by atoms with van der Waals surface area (Å²) in [4.78, 5) is 12.2. The number of rotatable bonds is 2. The van der Waals surface area contributed by atoms with Gasteiger partial charge in [0.2, 0.25) is 0 Å². The first-order valence-corrected chi connectivity index (χ1v) is 6.16. The normalized spacial score (nSPS) is 10.7. The third kappa shape index (κ3) is 1.91. The summed E-state index contributed by atoms with van der Waals surface area (Å²) in [5.41, 5.74) is 7.28. The molecule has 1 aromatic heterocycles. The summed E-state index contributed by atoms with van der Waals surface area (Å²) in [7, 11) is 1.58. The highest BCUT2D eigenvalue weighted by molar-refractivity contribution is 5.89. The van der Waals surface area contributed by atoms with Gasteiger partial charge in [0.15, 0.2) is 5.43 Å². The molecule has 2 aromatic carbocycles. The molecule has 4 heteroatoms. The maximum Gasteiger partial charge on any atom is 0.195 e. The first-order valence-electron chi connectivity index (χ1n) is 6.16. The maximum absolute atomic E-state index is 12.2. The predicted octanol–water partition coefficient (Wildman–Crippen LogP) is 3.05. The zero-order valence-electron chi connectivity index (χ0n) is 10.9. The molecule has 0 amide bonds. The Labute approximate surface area is 115 Å². The number of anilines is 1. The minimum absolute atomic E-state index is 0.162. The lowest BCUT2D eigenvalue weighted by atomic mass is 10.1. The Kier molecular flexibility index (Phi) is 2.91. The van der Waals surface area contributed by atoms with E-state index < -0.39 is 0 Å². The average Bonchev–Trinajstić information content (AvgIpc) is 2.47. The third-order valence-electron chi connectivity index (χ3n) is 3.16. The molecule has 0 aliphatic rings. The van der Waals surface area contributed by atoms with E-state index in [0.29, 0.717) is 28.2 Å². The fourth-order valence-corrected chi connectivity index (χ4v) is 2.22. The summed E-state index contributed by atoms with van der Waals surface area (Å²) < 4.78 is 11.1. The van der Waals surface area contributed by atoms with Gasteiger partial charge in [-0.1, -0.05) is 18.2 Å². The molecule has 0 saturated heterocycles. The van der Waals surface area contributed by atoms with Gasteiger partial charge >= 0.3 is 0 Å². The van der Waals surface area contributed by atoms with Crippen molar-refractivity contribution in [3.63, 3.8) is 0 Å². The molecule has 0 saturated carbocycles. The van der Waals surface area contributed by atoms with Gasteiger partial charge in [-0.25, -0.2) is 0 Å². The first kappa shape index (κ1) is 12.3. The quantitative estimate of drug-likeness (QED) is 0.725. The second-order valence-corrected chi connectivity index (χ2v) is 4.40. The van der Waals surface area contributed by atoms with E-state index in [4.69, 9.17) is 14.9 Å². The van der Waals surface area contributed by atoms with E-state index in [0.717, 1.165) is 5.56 Å². The second-order valence-electron chi connectivity index (χ2n) is 4.40. The van der Waals surface area contributed by atoms with Gasteiger partial charge < -0.3 is 14.9 Å². The Morgan fingerprint density at radius 3 is 2.70 bits per heavy atom. The minimum atomic E-state index is -0.162. The molecule has 3 aromatic rings. The Morgan fingerprint density at radius 2 is 1.90 bits per heavy atom. The van der Waals surface area contributed by atoms with Crippen molar-refractivity contribution in [3.05, 3.63) is 58.8 Å². The average molecular weight is 267 g/mol. The van der Waals surface area contributed by atoms with Crippen LogP contribution >= 0.6 is 0 Å². The van der Waals surface area contributed by atoms with Gasteiger partial charge in [0.1, 0.15) is 17.1 Å². The van der Waals surface area contributed by atoms with Crippen LogP contribution in [0.4, 0.5) is 5.69 Å². The number of benzene rings is 2. The SMILES string of the molecule is COc1ccccc1-c1cc(=O)c2c(N)cccc2o1. The molecule has 1 heterocycles. The molecular weight excluding hydrogens is 254 g/mol. The van der Waals surface area contributed by atoms with E-state index in [1.807, 2.05) is 24.3 Å². The van der Waals surface area contributed by atoms with Crippen LogP contribution in [-0.4, -0.2) is 7.11 Å². The zero-order valence-corrected chi connectivity index (χ0v) is 10.9. The number of para-hydroxylation sites is 1. The number of fused-ring (bicyclic) bond motifs is 1. The largest absolute Gasteiger partial charge is 0.496 e. The highest BCUT2D eigenvalue weighted by Crippen LogP contribution is 2.31. The summed E-state index contributed by atoms with van der Waals surface area (Å²) in [5, 5.41) is 0.408. The lowest BCUT2D eigenvalue weighted by Crippen LogP contribution is -2.04. The molecule has 3 rings (SSSR count). The molecule has 0 unspecified atom stereocenters. The predicted molar refractivity (Wildman–Crippen MR) is 78.9 cm³/mol. The van der Waals surface area contributed by atoms with Gasteiger partial charge in [0.25, 0.3) is 0 Å².